The van der Waals surface area contributed by atoms with Gasteiger partial charge in [-0.05, 0) is 30.3 Å². The summed E-state index contributed by atoms with van der Waals surface area (Å²) >= 11 is 0. The predicted molar refractivity (Wildman–Crippen MR) is 77.6 cm³/mol. The van der Waals surface area contributed by atoms with Crippen LogP contribution in [0.25, 0.3) is 0 Å². The first-order valence-electron chi connectivity index (χ1n) is 6.60. The summed E-state index contributed by atoms with van der Waals surface area (Å²) in [7, 11) is 1.57. The molecule has 21 heavy (non-hydrogen) atoms. The molecule has 5 heteroatoms. The number of ether oxygens (including phenoxy) is 1. The van der Waals surface area contributed by atoms with E-state index in [1.807, 2.05) is 0 Å². The number of carbonyl (C=O) groups excluding carboxylic acids is 1. The zero-order valence-corrected chi connectivity index (χ0v) is 11.5. The lowest BCUT2D eigenvalue weighted by molar-refractivity contribution is -0.126. The SMILES string of the molecule is COc1ccc(N2C(=O)[C@H](N)[C@@H]2c2ccccc2F)cc1. The van der Waals surface area contributed by atoms with Gasteiger partial charge in [-0.2, -0.15) is 0 Å². The molecule has 108 valence electrons. The number of methoxy groups -OCH3 is 1. The maximum atomic E-state index is 14.0. The highest BCUT2D eigenvalue weighted by Gasteiger charge is 2.47. The molecule has 1 aliphatic heterocycles. The third-order valence-corrected chi connectivity index (χ3v) is 3.72. The quantitative estimate of drug-likeness (QED) is 0.880. The number of hydrogen-bond acceptors (Lipinski definition) is 3. The minimum Gasteiger partial charge on any atom is -0.497 e. The smallest absolute Gasteiger partial charge is 0.247 e. The van der Waals surface area contributed by atoms with Gasteiger partial charge in [-0.3, -0.25) is 4.79 Å². The van der Waals surface area contributed by atoms with Gasteiger partial charge < -0.3 is 15.4 Å². The van der Waals surface area contributed by atoms with Crippen LogP contribution in [-0.2, 0) is 4.79 Å². The molecule has 2 N–H and O–H groups in total. The van der Waals surface area contributed by atoms with Gasteiger partial charge in [0.15, 0.2) is 0 Å². The highest BCUT2D eigenvalue weighted by Crippen LogP contribution is 2.39. The van der Waals surface area contributed by atoms with Crippen LogP contribution in [0.1, 0.15) is 11.6 Å². The summed E-state index contributed by atoms with van der Waals surface area (Å²) in [6.07, 6.45) is 0. The molecule has 3 rings (SSSR count). The molecule has 1 amide bonds. The molecule has 0 saturated carbocycles. The van der Waals surface area contributed by atoms with Crippen LogP contribution in [0.5, 0.6) is 5.75 Å². The summed E-state index contributed by atoms with van der Waals surface area (Å²) in [5, 5.41) is 0. The lowest BCUT2D eigenvalue weighted by atomic mass is 9.88. The number of rotatable bonds is 3. The Morgan fingerprint density at radius 2 is 1.81 bits per heavy atom. The molecule has 1 saturated heterocycles. The van der Waals surface area contributed by atoms with Crippen LogP contribution in [-0.4, -0.2) is 19.1 Å². The number of anilines is 1. The Morgan fingerprint density at radius 3 is 2.43 bits per heavy atom. The fourth-order valence-electron chi connectivity index (χ4n) is 2.59. The van der Waals surface area contributed by atoms with Gasteiger partial charge in [-0.15, -0.1) is 0 Å². The van der Waals surface area contributed by atoms with Crippen molar-refractivity contribution in [2.75, 3.05) is 12.0 Å². The molecule has 0 unspecified atom stereocenters. The van der Waals surface area contributed by atoms with Crippen molar-refractivity contribution < 1.29 is 13.9 Å². The second-order valence-electron chi connectivity index (χ2n) is 4.90. The number of hydrogen-bond donors (Lipinski definition) is 1. The van der Waals surface area contributed by atoms with E-state index in [2.05, 4.69) is 0 Å². The zero-order chi connectivity index (χ0) is 15.0. The normalized spacial score (nSPS) is 21.1. The molecular weight excluding hydrogens is 271 g/mol. The fourth-order valence-corrected chi connectivity index (χ4v) is 2.59. The number of halogens is 1. The van der Waals surface area contributed by atoms with Crippen molar-refractivity contribution in [3.63, 3.8) is 0 Å². The second kappa shape index (κ2) is 5.18. The van der Waals surface area contributed by atoms with Gasteiger partial charge in [0.1, 0.15) is 17.6 Å². The van der Waals surface area contributed by atoms with Crippen LogP contribution < -0.4 is 15.4 Å². The van der Waals surface area contributed by atoms with E-state index in [9.17, 15) is 9.18 Å². The predicted octanol–water partition coefficient (Wildman–Crippen LogP) is 2.25. The first-order chi connectivity index (χ1) is 10.1. The maximum absolute atomic E-state index is 14.0. The van der Waals surface area contributed by atoms with Crippen molar-refractivity contribution in [3.05, 3.63) is 59.9 Å². The van der Waals surface area contributed by atoms with Crippen molar-refractivity contribution in [2.24, 2.45) is 5.73 Å². The van der Waals surface area contributed by atoms with E-state index in [0.717, 1.165) is 0 Å². The van der Waals surface area contributed by atoms with Crippen LogP contribution in [0.4, 0.5) is 10.1 Å². The molecule has 2 aromatic rings. The molecule has 0 radical (unpaired) electrons. The first kappa shape index (κ1) is 13.6. The Balaban J connectivity index is 1.96. The van der Waals surface area contributed by atoms with Gasteiger partial charge in [-0.1, -0.05) is 18.2 Å². The third kappa shape index (κ3) is 2.15. The molecule has 0 aromatic heterocycles. The average Bonchev–Trinajstić information content (AvgIpc) is 2.53. The van der Waals surface area contributed by atoms with Crippen molar-refractivity contribution in [1.82, 2.24) is 0 Å². The average molecular weight is 286 g/mol. The molecule has 0 spiro atoms. The Morgan fingerprint density at radius 1 is 1.14 bits per heavy atom. The summed E-state index contributed by atoms with van der Waals surface area (Å²) in [6.45, 7) is 0. The Hall–Kier alpha value is -2.40. The molecule has 1 heterocycles. The Bertz CT molecular complexity index is 672. The molecule has 1 fully saturated rings. The molecule has 2 aromatic carbocycles. The summed E-state index contributed by atoms with van der Waals surface area (Å²) < 4.78 is 19.0. The summed E-state index contributed by atoms with van der Waals surface area (Å²) in [5.74, 6) is 0.121. The lowest BCUT2D eigenvalue weighted by Gasteiger charge is -2.45. The van der Waals surface area contributed by atoms with Crippen LogP contribution in [0.15, 0.2) is 48.5 Å². The number of carbonyl (C=O) groups is 1. The molecule has 0 aliphatic carbocycles. The van der Waals surface area contributed by atoms with E-state index >= 15 is 0 Å². The van der Waals surface area contributed by atoms with Crippen LogP contribution in [0.2, 0.25) is 0 Å². The van der Waals surface area contributed by atoms with Gasteiger partial charge in [0.2, 0.25) is 5.91 Å². The molecule has 4 nitrogen and oxygen atoms in total. The number of nitrogens with two attached hydrogens (primary N) is 1. The van der Waals surface area contributed by atoms with Crippen LogP contribution in [0, 0.1) is 5.82 Å². The lowest BCUT2D eigenvalue weighted by Crippen LogP contribution is -2.63. The van der Waals surface area contributed by atoms with E-state index in [1.165, 1.54) is 11.0 Å². The van der Waals surface area contributed by atoms with Crippen LogP contribution >= 0.6 is 0 Å². The standard InChI is InChI=1S/C16H15FN2O2/c1-21-11-8-6-10(7-9-11)19-15(14(18)16(19)20)12-4-2-3-5-13(12)17/h2-9,14-15H,18H2,1H3/t14-,15+/m1/s1. The van der Waals surface area contributed by atoms with E-state index in [1.54, 1.807) is 49.6 Å². The van der Waals surface area contributed by atoms with Crippen molar-refractivity contribution >= 4 is 11.6 Å². The molecule has 0 bridgehead atoms. The number of benzene rings is 2. The fraction of sp³-hybridized carbons (Fsp3) is 0.188. The van der Waals surface area contributed by atoms with Crippen molar-refractivity contribution in [3.8, 4) is 5.75 Å². The summed E-state index contributed by atoms with van der Waals surface area (Å²) in [6, 6.07) is 12.2. The van der Waals surface area contributed by atoms with Gasteiger partial charge in [-0.25, -0.2) is 4.39 Å². The Labute approximate surface area is 121 Å². The molecular formula is C16H15FN2O2. The van der Waals surface area contributed by atoms with Crippen molar-refractivity contribution in [2.45, 2.75) is 12.1 Å². The highest BCUT2D eigenvalue weighted by atomic mass is 19.1. The topological polar surface area (TPSA) is 55.6 Å². The number of amides is 1. The van der Waals surface area contributed by atoms with E-state index < -0.39 is 12.1 Å². The second-order valence-corrected chi connectivity index (χ2v) is 4.90. The largest absolute Gasteiger partial charge is 0.497 e. The van der Waals surface area contributed by atoms with Crippen molar-refractivity contribution in [1.29, 1.82) is 0 Å². The van der Waals surface area contributed by atoms with Gasteiger partial charge >= 0.3 is 0 Å². The van der Waals surface area contributed by atoms with Gasteiger partial charge in [0, 0.05) is 11.3 Å². The van der Waals surface area contributed by atoms with E-state index in [0.29, 0.717) is 17.0 Å². The minimum absolute atomic E-state index is 0.214. The summed E-state index contributed by atoms with van der Waals surface area (Å²) in [4.78, 5) is 13.6. The minimum atomic E-state index is -0.719. The summed E-state index contributed by atoms with van der Waals surface area (Å²) in [5.41, 5.74) is 6.98. The van der Waals surface area contributed by atoms with E-state index in [-0.39, 0.29) is 11.7 Å². The Kier molecular flexibility index (Phi) is 3.35. The monoisotopic (exact) mass is 286 g/mol. The van der Waals surface area contributed by atoms with Gasteiger partial charge in [0.05, 0.1) is 13.2 Å². The van der Waals surface area contributed by atoms with E-state index in [4.69, 9.17) is 10.5 Å². The number of nitrogens with zero attached hydrogens (tertiary/aromatic N) is 1. The molecule has 2 atom stereocenters. The number of β-lactam (4-membered cyclic amide) rings is 1. The van der Waals surface area contributed by atoms with Gasteiger partial charge in [0.25, 0.3) is 0 Å². The third-order valence-electron chi connectivity index (χ3n) is 3.72. The zero-order valence-electron chi connectivity index (χ0n) is 11.5. The maximum Gasteiger partial charge on any atom is 0.247 e. The van der Waals surface area contributed by atoms with Crippen LogP contribution in [0.3, 0.4) is 0 Å². The molecule has 1 aliphatic rings. The highest BCUT2D eigenvalue weighted by molar-refractivity contribution is 6.05. The first-order valence-corrected chi connectivity index (χ1v) is 6.60.